The summed E-state index contributed by atoms with van der Waals surface area (Å²) in [6.07, 6.45) is 2.08. The molecule has 0 fully saturated rings. The van der Waals surface area contributed by atoms with Crippen LogP contribution in [0.5, 0.6) is 0 Å². The Morgan fingerprint density at radius 3 is 2.86 bits per heavy atom. The monoisotopic (exact) mass is 299 g/mol. The lowest BCUT2D eigenvalue weighted by Crippen LogP contribution is -2.36. The molecule has 0 saturated carbocycles. The average molecular weight is 299 g/mol. The van der Waals surface area contributed by atoms with Crippen molar-refractivity contribution in [1.29, 1.82) is 0 Å². The summed E-state index contributed by atoms with van der Waals surface area (Å²) in [6.45, 7) is 7.94. The maximum absolute atomic E-state index is 11.4. The maximum atomic E-state index is 11.4. The van der Waals surface area contributed by atoms with Crippen LogP contribution in [-0.2, 0) is 17.8 Å². The minimum atomic E-state index is -0.482. The number of aliphatic hydroxyl groups is 1. The Bertz CT molecular complexity index is 428. The van der Waals surface area contributed by atoms with Gasteiger partial charge in [-0.15, -0.1) is 5.10 Å². The minimum Gasteiger partial charge on any atom is -0.444 e. The molecule has 1 rings (SSSR count). The van der Waals surface area contributed by atoms with Gasteiger partial charge in [0.05, 0.1) is 5.69 Å². The number of aryl methyl sites for hydroxylation is 1. The number of rotatable bonds is 8. The first-order chi connectivity index (χ1) is 9.90. The fourth-order valence-electron chi connectivity index (χ4n) is 1.55. The minimum absolute atomic E-state index is 0.143. The molecule has 1 heterocycles. The highest BCUT2D eigenvalue weighted by molar-refractivity contribution is 5.67. The highest BCUT2D eigenvalue weighted by Crippen LogP contribution is 2.05. The highest BCUT2D eigenvalue weighted by Gasteiger charge is 2.15. The molecule has 1 amide bonds. The zero-order valence-corrected chi connectivity index (χ0v) is 12.9. The zero-order chi connectivity index (χ0) is 15.7. The van der Waals surface area contributed by atoms with Gasteiger partial charge in [-0.05, 0) is 27.2 Å². The van der Waals surface area contributed by atoms with Gasteiger partial charge in [-0.3, -0.25) is 4.68 Å². The number of carbonyl (C=O) groups is 1. The third-order valence-corrected chi connectivity index (χ3v) is 2.41. The molecule has 3 N–H and O–H groups in total. The second-order valence-corrected chi connectivity index (χ2v) is 5.66. The van der Waals surface area contributed by atoms with Gasteiger partial charge < -0.3 is 20.5 Å². The standard InChI is InChI=1S/C13H25N5O3/c1-13(2,3)21-12(20)15-6-5-14-9-11-10-18(17-16-11)7-4-8-19/h10,14,19H,4-9H2,1-3H3,(H,15,20). The van der Waals surface area contributed by atoms with Crippen LogP contribution in [0.25, 0.3) is 0 Å². The fourth-order valence-corrected chi connectivity index (χ4v) is 1.55. The van der Waals surface area contributed by atoms with E-state index in [0.717, 1.165) is 5.69 Å². The molecule has 0 atom stereocenters. The van der Waals surface area contributed by atoms with Gasteiger partial charge in [0.2, 0.25) is 0 Å². The second kappa shape index (κ2) is 8.58. The smallest absolute Gasteiger partial charge is 0.407 e. The van der Waals surface area contributed by atoms with Crippen LogP contribution in [0.4, 0.5) is 4.79 Å². The Morgan fingerprint density at radius 1 is 1.43 bits per heavy atom. The molecule has 0 aliphatic heterocycles. The Hall–Kier alpha value is -1.67. The third kappa shape index (κ3) is 8.26. The van der Waals surface area contributed by atoms with Gasteiger partial charge in [-0.2, -0.15) is 0 Å². The van der Waals surface area contributed by atoms with Gasteiger partial charge in [0, 0.05) is 39.0 Å². The topological polar surface area (TPSA) is 101 Å². The van der Waals surface area contributed by atoms with Crippen molar-refractivity contribution in [3.63, 3.8) is 0 Å². The van der Waals surface area contributed by atoms with Crippen LogP contribution < -0.4 is 10.6 Å². The molecule has 0 saturated heterocycles. The van der Waals surface area contributed by atoms with Crippen molar-refractivity contribution in [2.24, 2.45) is 0 Å². The Labute approximate surface area is 124 Å². The van der Waals surface area contributed by atoms with Crippen LogP contribution in [0.1, 0.15) is 32.9 Å². The van der Waals surface area contributed by atoms with Crippen molar-refractivity contribution in [1.82, 2.24) is 25.6 Å². The summed E-state index contributed by atoms with van der Waals surface area (Å²) in [5, 5.41) is 22.5. The number of alkyl carbamates (subject to hydrolysis) is 1. The molecular formula is C13H25N5O3. The van der Waals surface area contributed by atoms with E-state index < -0.39 is 11.7 Å². The molecule has 0 radical (unpaired) electrons. The first-order valence-corrected chi connectivity index (χ1v) is 7.08. The molecule has 0 unspecified atom stereocenters. The normalized spacial score (nSPS) is 11.4. The summed E-state index contributed by atoms with van der Waals surface area (Å²) in [6, 6.07) is 0. The quantitative estimate of drug-likeness (QED) is 0.596. The zero-order valence-electron chi connectivity index (χ0n) is 12.9. The summed E-state index contributed by atoms with van der Waals surface area (Å²) < 4.78 is 6.82. The summed E-state index contributed by atoms with van der Waals surface area (Å²) >= 11 is 0. The van der Waals surface area contributed by atoms with Gasteiger partial charge in [0.1, 0.15) is 5.60 Å². The fraction of sp³-hybridized carbons (Fsp3) is 0.769. The van der Waals surface area contributed by atoms with E-state index in [1.165, 1.54) is 0 Å². The number of aliphatic hydroxyl groups excluding tert-OH is 1. The Balaban J connectivity index is 2.11. The molecule has 0 spiro atoms. The number of hydrogen-bond acceptors (Lipinski definition) is 6. The largest absolute Gasteiger partial charge is 0.444 e. The van der Waals surface area contributed by atoms with Crippen LogP contribution in [0.2, 0.25) is 0 Å². The van der Waals surface area contributed by atoms with Crippen molar-refractivity contribution in [2.75, 3.05) is 19.7 Å². The van der Waals surface area contributed by atoms with Gasteiger partial charge >= 0.3 is 6.09 Å². The summed E-state index contributed by atoms with van der Waals surface area (Å²) in [7, 11) is 0. The lowest BCUT2D eigenvalue weighted by molar-refractivity contribution is 0.0528. The van der Waals surface area contributed by atoms with Crippen molar-refractivity contribution in [3.05, 3.63) is 11.9 Å². The second-order valence-electron chi connectivity index (χ2n) is 5.66. The van der Waals surface area contributed by atoms with E-state index in [1.807, 2.05) is 27.0 Å². The van der Waals surface area contributed by atoms with Crippen LogP contribution in [0.15, 0.2) is 6.20 Å². The van der Waals surface area contributed by atoms with E-state index in [4.69, 9.17) is 9.84 Å². The van der Waals surface area contributed by atoms with Crippen LogP contribution >= 0.6 is 0 Å². The molecule has 8 heteroatoms. The van der Waals surface area contributed by atoms with E-state index in [0.29, 0.717) is 32.6 Å². The highest BCUT2D eigenvalue weighted by atomic mass is 16.6. The maximum Gasteiger partial charge on any atom is 0.407 e. The molecular weight excluding hydrogens is 274 g/mol. The number of nitrogens with zero attached hydrogens (tertiary/aromatic N) is 3. The summed E-state index contributed by atoms with van der Waals surface area (Å²) in [4.78, 5) is 11.4. The molecule has 0 aliphatic carbocycles. The van der Waals surface area contributed by atoms with E-state index in [1.54, 1.807) is 4.68 Å². The molecule has 21 heavy (non-hydrogen) atoms. The van der Waals surface area contributed by atoms with Gasteiger partial charge in [0.15, 0.2) is 0 Å². The van der Waals surface area contributed by atoms with E-state index in [2.05, 4.69) is 20.9 Å². The number of amides is 1. The SMILES string of the molecule is CC(C)(C)OC(=O)NCCNCc1cn(CCCO)nn1. The van der Waals surface area contributed by atoms with Gasteiger partial charge in [-0.25, -0.2) is 4.79 Å². The van der Waals surface area contributed by atoms with Gasteiger partial charge in [0.25, 0.3) is 0 Å². The Morgan fingerprint density at radius 2 is 2.19 bits per heavy atom. The number of nitrogens with one attached hydrogen (secondary N) is 2. The molecule has 120 valence electrons. The van der Waals surface area contributed by atoms with Crippen LogP contribution in [-0.4, -0.2) is 51.5 Å². The Kier molecular flexibility index (Phi) is 7.10. The van der Waals surface area contributed by atoms with E-state index >= 15 is 0 Å². The number of ether oxygens (including phenoxy) is 1. The molecule has 0 aliphatic rings. The number of aromatic nitrogens is 3. The van der Waals surface area contributed by atoms with Crippen LogP contribution in [0, 0.1) is 0 Å². The average Bonchev–Trinajstić information content (AvgIpc) is 2.81. The van der Waals surface area contributed by atoms with E-state index in [9.17, 15) is 4.79 Å². The van der Waals surface area contributed by atoms with Crippen molar-refractivity contribution in [2.45, 2.75) is 45.9 Å². The third-order valence-electron chi connectivity index (χ3n) is 2.41. The van der Waals surface area contributed by atoms with Crippen molar-refractivity contribution < 1.29 is 14.6 Å². The van der Waals surface area contributed by atoms with Crippen LogP contribution in [0.3, 0.4) is 0 Å². The van der Waals surface area contributed by atoms with E-state index in [-0.39, 0.29) is 6.61 Å². The summed E-state index contributed by atoms with van der Waals surface area (Å²) in [5.74, 6) is 0. The molecule has 0 bridgehead atoms. The predicted molar refractivity (Wildman–Crippen MR) is 77.7 cm³/mol. The lowest BCUT2D eigenvalue weighted by atomic mass is 10.2. The molecule has 0 aromatic carbocycles. The van der Waals surface area contributed by atoms with Crippen molar-refractivity contribution >= 4 is 6.09 Å². The number of hydrogen-bond donors (Lipinski definition) is 3. The summed E-state index contributed by atoms with van der Waals surface area (Å²) in [5.41, 5.74) is 0.343. The lowest BCUT2D eigenvalue weighted by Gasteiger charge is -2.19. The predicted octanol–water partition coefficient (Wildman–Crippen LogP) is 0.275. The number of carbonyl (C=O) groups excluding carboxylic acids is 1. The molecule has 8 nitrogen and oxygen atoms in total. The first kappa shape index (κ1) is 17.4. The molecule has 1 aromatic heterocycles. The first-order valence-electron chi connectivity index (χ1n) is 7.08. The van der Waals surface area contributed by atoms with Gasteiger partial charge in [-0.1, -0.05) is 5.21 Å². The molecule has 1 aromatic rings. The van der Waals surface area contributed by atoms with Crippen molar-refractivity contribution in [3.8, 4) is 0 Å².